The minimum Gasteiger partial charge on any atom is -0.462 e. The van der Waals surface area contributed by atoms with E-state index in [1.54, 1.807) is 30.7 Å². The van der Waals surface area contributed by atoms with Gasteiger partial charge in [-0.3, -0.25) is 4.57 Å². The predicted molar refractivity (Wildman–Crippen MR) is 137 cm³/mol. The van der Waals surface area contributed by atoms with Gasteiger partial charge in [-0.15, -0.1) is 0 Å². The number of imidazole rings is 2. The molecule has 0 atom stereocenters. The molecule has 11 nitrogen and oxygen atoms in total. The van der Waals surface area contributed by atoms with Gasteiger partial charge < -0.3 is 24.7 Å². The van der Waals surface area contributed by atoms with Gasteiger partial charge in [0, 0.05) is 18.5 Å². The maximum Gasteiger partial charge on any atom is 0.340 e. The zero-order chi connectivity index (χ0) is 24.5. The van der Waals surface area contributed by atoms with E-state index in [9.17, 15) is 4.79 Å². The van der Waals surface area contributed by atoms with Crippen molar-refractivity contribution in [3.8, 4) is 5.69 Å². The van der Waals surface area contributed by atoms with Crippen molar-refractivity contribution in [2.45, 2.75) is 13.5 Å². The second kappa shape index (κ2) is 9.55. The lowest BCUT2D eigenvalue weighted by Gasteiger charge is -2.27. The molecule has 0 saturated carbocycles. The van der Waals surface area contributed by atoms with Gasteiger partial charge >= 0.3 is 5.97 Å². The van der Waals surface area contributed by atoms with E-state index in [4.69, 9.17) is 19.4 Å². The molecule has 0 bridgehead atoms. The SMILES string of the molecule is CCOC(=O)c1cccc2[nH]c(CNc3nc(N4CCOCC4)nc4c3ncn4-c3ccsc3)nc12. The summed E-state index contributed by atoms with van der Waals surface area (Å²) in [5.41, 5.74) is 4.18. The second-order valence-electron chi connectivity index (χ2n) is 8.20. The van der Waals surface area contributed by atoms with Crippen LogP contribution in [0.5, 0.6) is 0 Å². The highest BCUT2D eigenvalue weighted by molar-refractivity contribution is 7.08. The number of rotatable bonds is 7. The molecule has 0 unspecified atom stereocenters. The Morgan fingerprint density at radius 2 is 2.08 bits per heavy atom. The van der Waals surface area contributed by atoms with Gasteiger partial charge in [0.25, 0.3) is 0 Å². The topological polar surface area (TPSA) is 123 Å². The third-order valence-corrected chi connectivity index (χ3v) is 6.61. The third-order valence-electron chi connectivity index (χ3n) is 5.94. The lowest BCUT2D eigenvalue weighted by atomic mass is 10.2. The maximum absolute atomic E-state index is 12.3. The van der Waals surface area contributed by atoms with Crippen molar-refractivity contribution in [3.63, 3.8) is 0 Å². The molecule has 2 N–H and O–H groups in total. The van der Waals surface area contributed by atoms with Crippen LogP contribution in [0.15, 0.2) is 41.4 Å². The van der Waals surface area contributed by atoms with Gasteiger partial charge in [0.1, 0.15) is 17.7 Å². The molecule has 5 heterocycles. The summed E-state index contributed by atoms with van der Waals surface area (Å²) in [6.45, 7) is 5.16. The van der Waals surface area contributed by atoms with Crippen molar-refractivity contribution in [1.82, 2.24) is 29.5 Å². The van der Waals surface area contributed by atoms with E-state index in [2.05, 4.69) is 30.5 Å². The van der Waals surface area contributed by atoms with Crippen LogP contribution < -0.4 is 10.2 Å². The number of H-pyrrole nitrogens is 1. The number of para-hydroxylation sites is 1. The van der Waals surface area contributed by atoms with E-state index >= 15 is 0 Å². The molecule has 12 heteroatoms. The second-order valence-corrected chi connectivity index (χ2v) is 8.98. The van der Waals surface area contributed by atoms with Crippen molar-refractivity contribution in [1.29, 1.82) is 0 Å². The lowest BCUT2D eigenvalue weighted by molar-refractivity contribution is 0.0528. The Morgan fingerprint density at radius 1 is 1.19 bits per heavy atom. The van der Waals surface area contributed by atoms with Crippen LogP contribution in [0.3, 0.4) is 0 Å². The third kappa shape index (κ3) is 4.14. The molecule has 1 aromatic carbocycles. The number of anilines is 2. The zero-order valence-corrected chi connectivity index (χ0v) is 20.4. The van der Waals surface area contributed by atoms with Crippen LogP contribution in [0.4, 0.5) is 11.8 Å². The molecule has 6 rings (SSSR count). The fourth-order valence-electron chi connectivity index (χ4n) is 4.21. The molecule has 1 aliphatic heterocycles. The number of benzene rings is 1. The van der Waals surface area contributed by atoms with Crippen molar-refractivity contribution >= 4 is 51.3 Å². The number of hydrogen-bond acceptors (Lipinski definition) is 10. The molecule has 4 aromatic heterocycles. The van der Waals surface area contributed by atoms with E-state index < -0.39 is 0 Å². The monoisotopic (exact) mass is 504 g/mol. The summed E-state index contributed by atoms with van der Waals surface area (Å²) in [5.74, 6) is 1.51. The van der Waals surface area contributed by atoms with Crippen LogP contribution in [-0.2, 0) is 16.0 Å². The smallest absolute Gasteiger partial charge is 0.340 e. The number of aromatic nitrogens is 6. The summed E-state index contributed by atoms with van der Waals surface area (Å²) in [7, 11) is 0. The molecular formula is C24H24N8O3S. The Bertz CT molecular complexity index is 1520. The molecule has 0 aliphatic carbocycles. The molecule has 0 amide bonds. The van der Waals surface area contributed by atoms with Gasteiger partial charge in [-0.1, -0.05) is 6.07 Å². The van der Waals surface area contributed by atoms with E-state index in [0.717, 1.165) is 29.9 Å². The Kier molecular flexibility index (Phi) is 5.95. The van der Waals surface area contributed by atoms with E-state index in [1.807, 2.05) is 28.1 Å². The largest absolute Gasteiger partial charge is 0.462 e. The fourth-order valence-corrected chi connectivity index (χ4v) is 4.84. The normalized spacial score (nSPS) is 14.0. The number of nitrogens with one attached hydrogen (secondary N) is 2. The molecule has 1 aliphatic rings. The predicted octanol–water partition coefficient (Wildman–Crippen LogP) is 3.38. The van der Waals surface area contributed by atoms with Gasteiger partial charge in [0.05, 0.1) is 43.1 Å². The van der Waals surface area contributed by atoms with Crippen LogP contribution in [-0.4, -0.2) is 68.4 Å². The number of hydrogen-bond donors (Lipinski definition) is 2. The first kappa shape index (κ1) is 22.4. The minimum atomic E-state index is -0.388. The Labute approximate surface area is 210 Å². The van der Waals surface area contributed by atoms with Crippen LogP contribution in [0.25, 0.3) is 27.9 Å². The van der Waals surface area contributed by atoms with Crippen LogP contribution in [0.1, 0.15) is 23.1 Å². The summed E-state index contributed by atoms with van der Waals surface area (Å²) in [4.78, 5) is 36.7. The number of nitrogens with zero attached hydrogens (tertiary/aromatic N) is 6. The molecule has 0 spiro atoms. The number of morpholine rings is 1. The average Bonchev–Trinajstić information content (AvgIpc) is 3.66. The Balaban J connectivity index is 1.35. The first-order valence-corrected chi connectivity index (χ1v) is 12.6. The summed E-state index contributed by atoms with van der Waals surface area (Å²) >= 11 is 1.62. The van der Waals surface area contributed by atoms with Crippen molar-refractivity contribution in [2.75, 3.05) is 43.1 Å². The molecule has 5 aromatic rings. The first-order chi connectivity index (χ1) is 17.7. The molecule has 0 radical (unpaired) electrons. The molecular weight excluding hydrogens is 480 g/mol. The summed E-state index contributed by atoms with van der Waals surface area (Å²) < 4.78 is 12.7. The average molecular weight is 505 g/mol. The highest BCUT2D eigenvalue weighted by Crippen LogP contribution is 2.27. The van der Waals surface area contributed by atoms with E-state index in [-0.39, 0.29) is 5.97 Å². The fraction of sp³-hybridized carbons (Fsp3) is 0.292. The van der Waals surface area contributed by atoms with E-state index in [1.165, 1.54) is 0 Å². The number of ether oxygens (including phenoxy) is 2. The molecule has 1 fully saturated rings. The number of thiophene rings is 1. The van der Waals surface area contributed by atoms with Gasteiger partial charge in [0.15, 0.2) is 17.0 Å². The quantitative estimate of drug-likeness (QED) is 0.321. The van der Waals surface area contributed by atoms with Crippen LogP contribution in [0.2, 0.25) is 0 Å². The summed E-state index contributed by atoms with van der Waals surface area (Å²) in [5, 5.41) is 7.46. The van der Waals surface area contributed by atoms with Gasteiger partial charge in [-0.05, 0) is 30.5 Å². The van der Waals surface area contributed by atoms with Crippen LogP contribution >= 0.6 is 11.3 Å². The number of carbonyl (C=O) groups excluding carboxylic acids is 1. The number of esters is 1. The lowest BCUT2D eigenvalue weighted by Crippen LogP contribution is -2.37. The molecule has 1 saturated heterocycles. The summed E-state index contributed by atoms with van der Waals surface area (Å²) in [6.07, 6.45) is 1.77. The molecule has 36 heavy (non-hydrogen) atoms. The van der Waals surface area contributed by atoms with Crippen molar-refractivity contribution in [2.24, 2.45) is 0 Å². The van der Waals surface area contributed by atoms with Crippen LogP contribution in [0, 0.1) is 0 Å². The van der Waals surface area contributed by atoms with Gasteiger partial charge in [0.2, 0.25) is 5.95 Å². The molecule has 184 valence electrons. The zero-order valence-electron chi connectivity index (χ0n) is 19.6. The maximum atomic E-state index is 12.3. The minimum absolute atomic E-state index is 0.307. The Hall–Kier alpha value is -4.03. The standard InChI is InChI=1S/C24H24N8O3S/c1-2-35-23(33)16-4-3-5-17-19(16)28-18(27-17)12-25-21-20-22(32(14-26-20)15-6-11-36-13-15)30-24(29-21)31-7-9-34-10-8-31/h3-6,11,13-14H,2,7-10,12H2,1H3,(H,27,28)(H,25,29,30). The van der Waals surface area contributed by atoms with Gasteiger partial charge in [-0.25, -0.2) is 14.8 Å². The number of aromatic amines is 1. The van der Waals surface area contributed by atoms with Crippen molar-refractivity contribution in [3.05, 3.63) is 52.7 Å². The number of fused-ring (bicyclic) bond motifs is 2. The highest BCUT2D eigenvalue weighted by atomic mass is 32.1. The number of carbonyl (C=O) groups is 1. The summed E-state index contributed by atoms with van der Waals surface area (Å²) in [6, 6.07) is 7.45. The highest BCUT2D eigenvalue weighted by Gasteiger charge is 2.20. The first-order valence-electron chi connectivity index (χ1n) is 11.7. The van der Waals surface area contributed by atoms with Gasteiger partial charge in [-0.2, -0.15) is 21.3 Å². The van der Waals surface area contributed by atoms with Crippen molar-refractivity contribution < 1.29 is 14.3 Å². The Morgan fingerprint density at radius 3 is 2.89 bits per heavy atom. The van der Waals surface area contributed by atoms with E-state index in [0.29, 0.717) is 60.6 Å².